The second-order valence-electron chi connectivity index (χ2n) is 16.3. The minimum atomic E-state index is -1.61. The van der Waals surface area contributed by atoms with Gasteiger partial charge in [0.15, 0.2) is 12.4 Å². The summed E-state index contributed by atoms with van der Waals surface area (Å²) < 4.78 is 22.1. The number of unbranched alkanes of at least 4 members (excludes halogenated alkanes) is 22. The number of allylic oxidation sites excluding steroid dienone is 10. The Hall–Kier alpha value is -2.60. The molecule has 0 aliphatic carbocycles. The number of aliphatic hydroxyl groups is 4. The number of hydrogen-bond donors (Lipinski definition) is 4. The molecular weight excluding hydrogens is 761 g/mol. The molecule has 10 nitrogen and oxygen atoms in total. The number of hydrogen-bond acceptors (Lipinski definition) is 10. The zero-order valence-corrected chi connectivity index (χ0v) is 37.7. The van der Waals surface area contributed by atoms with E-state index in [1.54, 1.807) is 0 Å². The van der Waals surface area contributed by atoms with Crippen molar-refractivity contribution in [2.24, 2.45) is 0 Å². The molecule has 0 radical (unpaired) electrons. The van der Waals surface area contributed by atoms with Crippen LogP contribution in [0.25, 0.3) is 0 Å². The van der Waals surface area contributed by atoms with E-state index in [0.717, 1.165) is 25.7 Å². The Balaban J connectivity index is 2.28. The predicted molar refractivity (Wildman–Crippen MR) is 242 cm³/mol. The standard InChI is InChI=1S/C50H86O10/c1-3-5-7-9-11-13-15-17-18-19-20-21-22-23-24-25-27-28-30-32-34-36-38-45(52)57-41-43(42-58-50-49(56)48(55)47(54)44(40-51)60-50)59-46(53)39-37-35-33-31-29-26-16-14-12-10-8-6-4-2/h6,8,10,12,14,16,26,29,31,33,43-44,47-51,54-56H,3-5,7,9,11,13,15,17-25,27-28,30,32,34-42H2,1-2H3/b8-6+,12-10+,16-14+,29-26+,33-31+/t43?,44-,47+,48?,49?,50-/m0/s1. The molecule has 0 aromatic heterocycles. The summed E-state index contributed by atoms with van der Waals surface area (Å²) in [5.41, 5.74) is 0. The smallest absolute Gasteiger partial charge is 0.306 e. The van der Waals surface area contributed by atoms with E-state index in [1.807, 2.05) is 54.7 Å². The van der Waals surface area contributed by atoms with Crippen molar-refractivity contribution in [3.05, 3.63) is 60.8 Å². The van der Waals surface area contributed by atoms with Crippen molar-refractivity contribution < 1.29 is 49.0 Å². The van der Waals surface area contributed by atoms with Crippen LogP contribution in [0.5, 0.6) is 0 Å². The lowest BCUT2D eigenvalue weighted by Crippen LogP contribution is -2.59. The van der Waals surface area contributed by atoms with Crippen LogP contribution in [0.4, 0.5) is 0 Å². The lowest BCUT2D eigenvalue weighted by Gasteiger charge is -2.39. The molecule has 1 aliphatic heterocycles. The molecular formula is C50H86O10. The van der Waals surface area contributed by atoms with Crippen molar-refractivity contribution >= 4 is 11.9 Å². The van der Waals surface area contributed by atoms with Gasteiger partial charge in [-0.25, -0.2) is 0 Å². The molecule has 0 amide bonds. The number of rotatable bonds is 39. The van der Waals surface area contributed by atoms with Crippen LogP contribution < -0.4 is 0 Å². The molecule has 4 N–H and O–H groups in total. The highest BCUT2D eigenvalue weighted by molar-refractivity contribution is 5.70. The van der Waals surface area contributed by atoms with Gasteiger partial charge in [-0.3, -0.25) is 9.59 Å². The van der Waals surface area contributed by atoms with Crippen molar-refractivity contribution in [3.63, 3.8) is 0 Å². The third-order valence-electron chi connectivity index (χ3n) is 10.8. The maximum Gasteiger partial charge on any atom is 0.306 e. The molecule has 0 aromatic carbocycles. The Kier molecular flexibility index (Phi) is 37.4. The van der Waals surface area contributed by atoms with E-state index in [9.17, 15) is 30.0 Å². The highest BCUT2D eigenvalue weighted by atomic mass is 16.7. The first-order valence-electron chi connectivity index (χ1n) is 23.9. The van der Waals surface area contributed by atoms with E-state index in [0.29, 0.717) is 12.8 Å². The van der Waals surface area contributed by atoms with Gasteiger partial charge < -0.3 is 39.4 Å². The molecule has 3 unspecified atom stereocenters. The third kappa shape index (κ3) is 31.3. The molecule has 6 atom stereocenters. The monoisotopic (exact) mass is 847 g/mol. The molecule has 60 heavy (non-hydrogen) atoms. The first-order chi connectivity index (χ1) is 29.3. The number of ether oxygens (including phenoxy) is 4. The van der Waals surface area contributed by atoms with Gasteiger partial charge in [-0.1, -0.05) is 209 Å². The first kappa shape index (κ1) is 55.4. The number of esters is 2. The van der Waals surface area contributed by atoms with Crippen molar-refractivity contribution in [3.8, 4) is 0 Å². The van der Waals surface area contributed by atoms with E-state index in [2.05, 4.69) is 19.9 Å². The van der Waals surface area contributed by atoms with Crippen LogP contribution in [0, 0.1) is 0 Å². The summed E-state index contributed by atoms with van der Waals surface area (Å²) in [4.78, 5) is 25.3. The van der Waals surface area contributed by atoms with Gasteiger partial charge in [0.05, 0.1) is 13.2 Å². The highest BCUT2D eigenvalue weighted by Crippen LogP contribution is 2.23. The van der Waals surface area contributed by atoms with Crippen LogP contribution in [0.2, 0.25) is 0 Å². The van der Waals surface area contributed by atoms with Gasteiger partial charge in [0.1, 0.15) is 31.0 Å². The van der Waals surface area contributed by atoms with Crippen molar-refractivity contribution in [2.75, 3.05) is 19.8 Å². The molecule has 0 saturated carbocycles. The molecule has 0 aromatic rings. The molecule has 1 aliphatic rings. The lowest BCUT2D eigenvalue weighted by molar-refractivity contribution is -0.305. The minimum Gasteiger partial charge on any atom is -0.462 e. The molecule has 1 heterocycles. The fourth-order valence-electron chi connectivity index (χ4n) is 7.04. The quantitative estimate of drug-likeness (QED) is 0.0267. The van der Waals surface area contributed by atoms with Crippen molar-refractivity contribution in [1.29, 1.82) is 0 Å². The SMILES string of the molecule is CC/C=C/C=C/C=C/C=C/C=C/CCCC(=O)OC(COC(=O)CCCCCCCCCCCCCCCCCCCCCCCC)CO[C@H]1O[C@@H](CO)[C@@H](O)C(O)C1O. The fraction of sp³-hybridized carbons (Fsp3) is 0.760. The summed E-state index contributed by atoms with van der Waals surface area (Å²) in [6, 6.07) is 0. The molecule has 1 saturated heterocycles. The van der Waals surface area contributed by atoms with Gasteiger partial charge in [0.25, 0.3) is 0 Å². The van der Waals surface area contributed by atoms with Crippen LogP contribution in [-0.2, 0) is 28.5 Å². The van der Waals surface area contributed by atoms with Crippen LogP contribution in [-0.4, -0.2) is 89.0 Å². The van der Waals surface area contributed by atoms with E-state index in [1.165, 1.54) is 122 Å². The number of carbonyl (C=O) groups is 2. The minimum absolute atomic E-state index is 0.133. The fourth-order valence-corrected chi connectivity index (χ4v) is 7.04. The third-order valence-corrected chi connectivity index (χ3v) is 10.8. The average Bonchev–Trinajstić information content (AvgIpc) is 3.25. The van der Waals surface area contributed by atoms with Crippen LogP contribution >= 0.6 is 0 Å². The maximum atomic E-state index is 12.7. The van der Waals surface area contributed by atoms with E-state index in [-0.39, 0.29) is 26.1 Å². The lowest BCUT2D eigenvalue weighted by atomic mass is 9.99. The molecule has 10 heteroatoms. The zero-order chi connectivity index (χ0) is 43.7. The second-order valence-corrected chi connectivity index (χ2v) is 16.3. The number of aliphatic hydroxyl groups excluding tert-OH is 4. The Morgan fingerprint density at radius 2 is 0.983 bits per heavy atom. The summed E-state index contributed by atoms with van der Waals surface area (Å²) >= 11 is 0. The van der Waals surface area contributed by atoms with Crippen LogP contribution in [0.3, 0.4) is 0 Å². The van der Waals surface area contributed by atoms with Crippen LogP contribution in [0.15, 0.2) is 60.8 Å². The molecule has 346 valence electrons. The Labute approximate surface area is 364 Å². The van der Waals surface area contributed by atoms with E-state index in [4.69, 9.17) is 18.9 Å². The molecule has 0 spiro atoms. The summed E-state index contributed by atoms with van der Waals surface area (Å²) in [6.07, 6.45) is 42.5. The van der Waals surface area contributed by atoms with Gasteiger partial charge in [0, 0.05) is 12.8 Å². The van der Waals surface area contributed by atoms with Gasteiger partial charge >= 0.3 is 11.9 Å². The molecule has 0 bridgehead atoms. The highest BCUT2D eigenvalue weighted by Gasteiger charge is 2.44. The van der Waals surface area contributed by atoms with Crippen LogP contribution in [0.1, 0.15) is 187 Å². The average molecular weight is 847 g/mol. The van der Waals surface area contributed by atoms with E-state index < -0.39 is 55.4 Å². The van der Waals surface area contributed by atoms with E-state index >= 15 is 0 Å². The number of carbonyl (C=O) groups excluding carboxylic acids is 2. The van der Waals surface area contributed by atoms with Gasteiger partial charge in [-0.15, -0.1) is 0 Å². The van der Waals surface area contributed by atoms with Gasteiger partial charge in [0.2, 0.25) is 0 Å². The predicted octanol–water partition coefficient (Wildman–Crippen LogP) is 10.6. The first-order valence-corrected chi connectivity index (χ1v) is 23.9. The normalized spacial score (nSPS) is 20.4. The van der Waals surface area contributed by atoms with Crippen molar-refractivity contribution in [2.45, 2.75) is 224 Å². The summed E-state index contributed by atoms with van der Waals surface area (Å²) in [5, 5.41) is 40.1. The largest absolute Gasteiger partial charge is 0.462 e. The molecule has 1 fully saturated rings. The zero-order valence-electron chi connectivity index (χ0n) is 37.7. The topological polar surface area (TPSA) is 152 Å². The van der Waals surface area contributed by atoms with Gasteiger partial charge in [-0.2, -0.15) is 0 Å². The Bertz CT molecular complexity index is 1160. The summed E-state index contributed by atoms with van der Waals surface area (Å²) in [5.74, 6) is -0.890. The second kappa shape index (κ2) is 40.5. The Morgan fingerprint density at radius 1 is 0.533 bits per heavy atom. The Morgan fingerprint density at radius 3 is 1.47 bits per heavy atom. The summed E-state index contributed by atoms with van der Waals surface area (Å²) in [7, 11) is 0. The van der Waals surface area contributed by atoms with Crippen molar-refractivity contribution in [1.82, 2.24) is 0 Å². The molecule has 1 rings (SSSR count). The maximum absolute atomic E-state index is 12.7. The van der Waals surface area contributed by atoms with Gasteiger partial charge in [-0.05, 0) is 25.7 Å². The summed E-state index contributed by atoms with van der Waals surface area (Å²) in [6.45, 7) is 3.22.